The Kier molecular flexibility index (Phi) is 4.02. The first kappa shape index (κ1) is 13.9. The molecule has 0 aliphatic carbocycles. The lowest BCUT2D eigenvalue weighted by atomic mass is 9.86. The van der Waals surface area contributed by atoms with E-state index in [1.165, 1.54) is 0 Å². The summed E-state index contributed by atoms with van der Waals surface area (Å²) in [6.07, 6.45) is 0. The number of halogens is 3. The second kappa shape index (κ2) is 5.22. The molecule has 0 amide bonds. The quantitative estimate of drug-likeness (QED) is 0.817. The van der Waals surface area contributed by atoms with Gasteiger partial charge in [0.2, 0.25) is 0 Å². The van der Waals surface area contributed by atoms with Crippen molar-refractivity contribution < 1.29 is 0 Å². The van der Waals surface area contributed by atoms with Crippen LogP contribution >= 0.6 is 39.1 Å². The molecular weight excluding hydrogens is 333 g/mol. The van der Waals surface area contributed by atoms with Crippen molar-refractivity contribution in [1.29, 1.82) is 0 Å². The number of hydrogen-bond donors (Lipinski definition) is 1. The average molecular weight is 345 g/mol. The maximum atomic E-state index is 6.42. The molecule has 1 unspecified atom stereocenters. The van der Waals surface area contributed by atoms with Crippen LogP contribution in [0.5, 0.6) is 0 Å². The van der Waals surface area contributed by atoms with E-state index in [-0.39, 0.29) is 0 Å². The summed E-state index contributed by atoms with van der Waals surface area (Å²) < 4.78 is 0.929. The molecule has 0 saturated carbocycles. The van der Waals surface area contributed by atoms with Crippen molar-refractivity contribution in [2.24, 2.45) is 5.73 Å². The van der Waals surface area contributed by atoms with Gasteiger partial charge >= 0.3 is 0 Å². The van der Waals surface area contributed by atoms with Crippen LogP contribution in [0, 0.1) is 0 Å². The van der Waals surface area contributed by atoms with E-state index in [1.807, 2.05) is 49.4 Å². The maximum Gasteiger partial charge on any atom is 0.0652 e. The van der Waals surface area contributed by atoms with Crippen LogP contribution in [-0.2, 0) is 5.54 Å². The number of nitrogens with two attached hydrogens (primary N) is 1. The third kappa shape index (κ3) is 2.72. The minimum atomic E-state index is -0.678. The van der Waals surface area contributed by atoms with E-state index >= 15 is 0 Å². The zero-order valence-corrected chi connectivity index (χ0v) is 12.9. The van der Waals surface area contributed by atoms with E-state index in [2.05, 4.69) is 15.9 Å². The highest BCUT2D eigenvalue weighted by atomic mass is 79.9. The normalized spacial score (nSPS) is 14.3. The number of hydrogen-bond acceptors (Lipinski definition) is 1. The van der Waals surface area contributed by atoms with E-state index in [0.29, 0.717) is 10.0 Å². The molecule has 2 aromatic rings. The summed E-state index contributed by atoms with van der Waals surface area (Å²) in [6, 6.07) is 13.2. The van der Waals surface area contributed by atoms with Crippen LogP contribution in [0.2, 0.25) is 10.0 Å². The lowest BCUT2D eigenvalue weighted by Crippen LogP contribution is -2.34. The Morgan fingerprint density at radius 2 is 1.83 bits per heavy atom. The monoisotopic (exact) mass is 343 g/mol. The summed E-state index contributed by atoms with van der Waals surface area (Å²) in [6.45, 7) is 1.92. The molecule has 0 bridgehead atoms. The SMILES string of the molecule is CC(N)(c1cccc(Cl)c1)c1ccc(Br)cc1Cl. The van der Waals surface area contributed by atoms with Crippen molar-refractivity contribution in [3.8, 4) is 0 Å². The molecule has 0 heterocycles. The molecule has 0 fully saturated rings. The standard InChI is InChI=1S/C14H12BrCl2N/c1-14(18,9-3-2-4-11(16)7-9)12-6-5-10(15)8-13(12)17/h2-8H,18H2,1H3. The average Bonchev–Trinajstić information content (AvgIpc) is 2.28. The van der Waals surface area contributed by atoms with E-state index in [1.54, 1.807) is 0 Å². The van der Waals surface area contributed by atoms with Gasteiger partial charge in [0.1, 0.15) is 0 Å². The molecule has 0 aromatic heterocycles. The molecule has 0 radical (unpaired) electrons. The second-order valence-corrected chi connectivity index (χ2v) is 6.10. The Balaban J connectivity index is 2.53. The smallest absolute Gasteiger partial charge is 0.0652 e. The highest BCUT2D eigenvalue weighted by Gasteiger charge is 2.26. The van der Waals surface area contributed by atoms with E-state index in [9.17, 15) is 0 Å². The molecule has 4 heteroatoms. The zero-order chi connectivity index (χ0) is 13.3. The Morgan fingerprint density at radius 3 is 2.44 bits per heavy atom. The molecule has 2 rings (SSSR count). The van der Waals surface area contributed by atoms with Crippen molar-refractivity contribution in [1.82, 2.24) is 0 Å². The summed E-state index contributed by atoms with van der Waals surface area (Å²) in [5.74, 6) is 0. The van der Waals surface area contributed by atoms with Crippen LogP contribution < -0.4 is 5.73 Å². The molecule has 0 saturated heterocycles. The van der Waals surface area contributed by atoms with Gasteiger partial charge in [0.25, 0.3) is 0 Å². The third-order valence-corrected chi connectivity index (χ3v) is 3.96. The summed E-state index contributed by atoms with van der Waals surface area (Å²) in [7, 11) is 0. The first-order valence-electron chi connectivity index (χ1n) is 5.42. The Bertz CT molecular complexity index is 582. The Morgan fingerprint density at radius 1 is 1.11 bits per heavy atom. The van der Waals surface area contributed by atoms with Gasteiger partial charge in [-0.1, -0.05) is 57.3 Å². The van der Waals surface area contributed by atoms with E-state index in [4.69, 9.17) is 28.9 Å². The fourth-order valence-electron chi connectivity index (χ4n) is 1.88. The minimum absolute atomic E-state index is 0.634. The molecule has 2 N–H and O–H groups in total. The second-order valence-electron chi connectivity index (χ2n) is 4.34. The number of benzene rings is 2. The largest absolute Gasteiger partial charge is 0.318 e. The van der Waals surface area contributed by atoms with Crippen LogP contribution in [0.15, 0.2) is 46.9 Å². The van der Waals surface area contributed by atoms with Gasteiger partial charge in [-0.25, -0.2) is 0 Å². The van der Waals surface area contributed by atoms with Gasteiger partial charge < -0.3 is 5.73 Å². The summed E-state index contributed by atoms with van der Waals surface area (Å²) in [5, 5.41) is 1.30. The number of rotatable bonds is 2. The van der Waals surface area contributed by atoms with Crippen LogP contribution in [0.3, 0.4) is 0 Å². The van der Waals surface area contributed by atoms with Gasteiger partial charge in [-0.3, -0.25) is 0 Å². The molecule has 0 spiro atoms. The van der Waals surface area contributed by atoms with Gasteiger partial charge in [-0.15, -0.1) is 0 Å². The Hall–Kier alpha value is -0.540. The van der Waals surface area contributed by atoms with Gasteiger partial charge in [0.15, 0.2) is 0 Å². The van der Waals surface area contributed by atoms with E-state index in [0.717, 1.165) is 15.6 Å². The first-order chi connectivity index (χ1) is 8.41. The molecule has 94 valence electrons. The maximum absolute atomic E-state index is 6.42. The third-order valence-electron chi connectivity index (χ3n) is 2.91. The lowest BCUT2D eigenvalue weighted by Gasteiger charge is -2.27. The molecular formula is C14H12BrCl2N. The topological polar surface area (TPSA) is 26.0 Å². The molecule has 0 aliphatic rings. The zero-order valence-electron chi connectivity index (χ0n) is 9.75. The van der Waals surface area contributed by atoms with Gasteiger partial charge in [-0.2, -0.15) is 0 Å². The predicted molar refractivity (Wildman–Crippen MR) is 81.2 cm³/mol. The van der Waals surface area contributed by atoms with Gasteiger partial charge in [0.05, 0.1) is 5.54 Å². The van der Waals surface area contributed by atoms with Crippen LogP contribution in [0.4, 0.5) is 0 Å². The fourth-order valence-corrected chi connectivity index (χ4v) is 2.94. The van der Waals surface area contributed by atoms with Crippen molar-refractivity contribution >= 4 is 39.1 Å². The van der Waals surface area contributed by atoms with Crippen molar-refractivity contribution in [2.45, 2.75) is 12.5 Å². The molecule has 18 heavy (non-hydrogen) atoms. The van der Waals surface area contributed by atoms with Crippen LogP contribution in [0.25, 0.3) is 0 Å². The Labute approximate surface area is 125 Å². The van der Waals surface area contributed by atoms with Crippen molar-refractivity contribution in [2.75, 3.05) is 0 Å². The summed E-state index contributed by atoms with van der Waals surface area (Å²) in [5.41, 5.74) is 7.54. The van der Waals surface area contributed by atoms with Crippen LogP contribution in [0.1, 0.15) is 18.1 Å². The predicted octanol–water partition coefficient (Wildman–Crippen LogP) is 4.98. The fraction of sp³-hybridized carbons (Fsp3) is 0.143. The summed E-state index contributed by atoms with van der Waals surface area (Å²) >= 11 is 15.7. The molecule has 1 atom stereocenters. The van der Waals surface area contributed by atoms with E-state index < -0.39 is 5.54 Å². The lowest BCUT2D eigenvalue weighted by molar-refractivity contribution is 0.603. The summed E-state index contributed by atoms with van der Waals surface area (Å²) in [4.78, 5) is 0. The highest BCUT2D eigenvalue weighted by molar-refractivity contribution is 9.10. The van der Waals surface area contributed by atoms with Crippen molar-refractivity contribution in [3.63, 3.8) is 0 Å². The van der Waals surface area contributed by atoms with Gasteiger partial charge in [-0.05, 0) is 42.3 Å². The van der Waals surface area contributed by atoms with Gasteiger partial charge in [0, 0.05) is 14.5 Å². The minimum Gasteiger partial charge on any atom is -0.318 e. The molecule has 2 aromatic carbocycles. The molecule has 1 nitrogen and oxygen atoms in total. The molecule has 0 aliphatic heterocycles. The van der Waals surface area contributed by atoms with Crippen LogP contribution in [-0.4, -0.2) is 0 Å². The van der Waals surface area contributed by atoms with Crippen molar-refractivity contribution in [3.05, 3.63) is 68.1 Å². The highest BCUT2D eigenvalue weighted by Crippen LogP contribution is 2.34. The first-order valence-corrected chi connectivity index (χ1v) is 6.96.